The molecule has 0 amide bonds. The lowest BCUT2D eigenvalue weighted by molar-refractivity contribution is -0.0505. The van der Waals surface area contributed by atoms with Crippen LogP contribution in [-0.4, -0.2) is 42.8 Å². The molecule has 0 atom stereocenters. The number of alkyl halides is 6. The van der Waals surface area contributed by atoms with Gasteiger partial charge in [-0.15, -0.1) is 0 Å². The van der Waals surface area contributed by atoms with E-state index in [1.165, 1.54) is 0 Å². The normalized spacial score (nSPS) is 13.7. The molecule has 0 aliphatic carbocycles. The Morgan fingerprint density at radius 1 is 0.897 bits per heavy atom. The van der Waals surface area contributed by atoms with E-state index in [2.05, 4.69) is 23.3 Å². The van der Waals surface area contributed by atoms with Gasteiger partial charge in [-0.25, -0.2) is 9.97 Å². The van der Waals surface area contributed by atoms with E-state index in [4.69, 9.17) is 0 Å². The first-order chi connectivity index (χ1) is 13.1. The number of rotatable bonds is 4. The van der Waals surface area contributed by atoms with E-state index < -0.39 is 48.3 Å². The molecule has 3 heterocycles. The maximum absolute atomic E-state index is 12.6. The number of nitrogens with one attached hydrogen (secondary N) is 1. The van der Waals surface area contributed by atoms with Crippen molar-refractivity contribution in [2.24, 2.45) is 0 Å². The largest absolute Gasteiger partial charge is 0.534 e. The van der Waals surface area contributed by atoms with E-state index in [1.54, 1.807) is 0 Å². The van der Waals surface area contributed by atoms with Crippen LogP contribution in [0.1, 0.15) is 0 Å². The van der Waals surface area contributed by atoms with Gasteiger partial charge in [0, 0.05) is 23.7 Å². The SMILES string of the molecule is O=S(=O)(Oc1cc2c(cn1)[nH]c1nccc(OS(=O)(=O)C(F)(F)F)c12)C(F)(F)F. The maximum Gasteiger partial charge on any atom is 0.534 e. The molecule has 1 N–H and O–H groups in total. The number of pyridine rings is 2. The Morgan fingerprint density at radius 3 is 2.07 bits per heavy atom. The molecular weight excluding hydrogens is 460 g/mol. The molecule has 0 unspecified atom stereocenters. The second kappa shape index (κ2) is 6.34. The second-order valence-corrected chi connectivity index (χ2v) is 8.27. The Labute approximate surface area is 156 Å². The summed E-state index contributed by atoms with van der Waals surface area (Å²) < 4.78 is 128. The molecule has 3 aromatic rings. The van der Waals surface area contributed by atoms with Crippen LogP contribution < -0.4 is 8.37 Å². The molecular formula is C12H5F6N3O6S2. The van der Waals surface area contributed by atoms with Crippen molar-refractivity contribution in [3.05, 3.63) is 24.5 Å². The van der Waals surface area contributed by atoms with Crippen LogP contribution >= 0.6 is 0 Å². The lowest BCUT2D eigenvalue weighted by atomic mass is 10.2. The third-order valence-corrected chi connectivity index (χ3v) is 5.20. The van der Waals surface area contributed by atoms with Gasteiger partial charge in [-0.05, 0) is 0 Å². The maximum atomic E-state index is 12.6. The number of fused-ring (bicyclic) bond motifs is 3. The molecule has 3 aromatic heterocycles. The molecule has 17 heteroatoms. The zero-order valence-electron chi connectivity index (χ0n) is 13.2. The minimum Gasteiger partial charge on any atom is -0.375 e. The highest BCUT2D eigenvalue weighted by Gasteiger charge is 2.49. The van der Waals surface area contributed by atoms with Crippen LogP contribution in [0.2, 0.25) is 0 Å². The number of hydrogen-bond acceptors (Lipinski definition) is 8. The Kier molecular flexibility index (Phi) is 4.57. The van der Waals surface area contributed by atoms with Crippen LogP contribution in [0.3, 0.4) is 0 Å². The second-order valence-electron chi connectivity index (χ2n) is 5.19. The van der Waals surface area contributed by atoms with Crippen molar-refractivity contribution >= 4 is 42.2 Å². The summed E-state index contributed by atoms with van der Waals surface area (Å²) in [5.41, 5.74) is -11.8. The van der Waals surface area contributed by atoms with Crippen LogP contribution in [0.4, 0.5) is 26.3 Å². The van der Waals surface area contributed by atoms with Crippen LogP contribution in [0, 0.1) is 0 Å². The summed E-state index contributed by atoms with van der Waals surface area (Å²) in [6.07, 6.45) is 1.71. The van der Waals surface area contributed by atoms with E-state index in [9.17, 15) is 43.2 Å². The summed E-state index contributed by atoms with van der Waals surface area (Å²) in [6.45, 7) is 0. The molecule has 0 aliphatic rings. The Morgan fingerprint density at radius 2 is 1.48 bits per heavy atom. The van der Waals surface area contributed by atoms with Gasteiger partial charge in [-0.3, -0.25) is 0 Å². The fourth-order valence-electron chi connectivity index (χ4n) is 2.11. The van der Waals surface area contributed by atoms with Gasteiger partial charge in [0.15, 0.2) is 5.75 Å². The summed E-state index contributed by atoms with van der Waals surface area (Å²) in [4.78, 5) is 9.59. The molecule has 0 bridgehead atoms. The van der Waals surface area contributed by atoms with E-state index >= 15 is 0 Å². The number of halogens is 6. The third-order valence-electron chi connectivity index (χ3n) is 3.28. The van der Waals surface area contributed by atoms with Crippen molar-refractivity contribution in [2.75, 3.05) is 0 Å². The molecule has 0 saturated heterocycles. The van der Waals surface area contributed by atoms with Gasteiger partial charge in [0.25, 0.3) is 0 Å². The average molecular weight is 465 g/mol. The van der Waals surface area contributed by atoms with Gasteiger partial charge >= 0.3 is 31.3 Å². The molecule has 29 heavy (non-hydrogen) atoms. The molecule has 9 nitrogen and oxygen atoms in total. The molecule has 0 fully saturated rings. The first-order valence-electron chi connectivity index (χ1n) is 6.90. The van der Waals surface area contributed by atoms with Crippen molar-refractivity contribution < 1.29 is 51.5 Å². The Bertz CT molecular complexity index is 1310. The smallest absolute Gasteiger partial charge is 0.375 e. The lowest BCUT2D eigenvalue weighted by Gasteiger charge is -2.10. The van der Waals surface area contributed by atoms with Crippen molar-refractivity contribution in [2.45, 2.75) is 11.0 Å². The van der Waals surface area contributed by atoms with E-state index in [0.29, 0.717) is 6.07 Å². The van der Waals surface area contributed by atoms with Crippen LogP contribution in [0.5, 0.6) is 11.6 Å². The topological polar surface area (TPSA) is 128 Å². The zero-order chi connectivity index (χ0) is 21.8. The summed E-state index contributed by atoms with van der Waals surface area (Å²) >= 11 is 0. The zero-order valence-corrected chi connectivity index (χ0v) is 14.9. The van der Waals surface area contributed by atoms with Crippen molar-refractivity contribution in [3.8, 4) is 11.6 Å². The fourth-order valence-corrected chi connectivity index (χ4v) is 2.99. The van der Waals surface area contributed by atoms with E-state index in [-0.39, 0.29) is 16.6 Å². The van der Waals surface area contributed by atoms with Gasteiger partial charge in [0.05, 0.1) is 17.1 Å². The third kappa shape index (κ3) is 3.74. The number of hydrogen-bond donors (Lipinski definition) is 1. The number of H-pyrrole nitrogens is 1. The first-order valence-corrected chi connectivity index (χ1v) is 9.72. The highest BCUT2D eigenvalue weighted by molar-refractivity contribution is 7.88. The number of nitrogens with zero attached hydrogens (tertiary/aromatic N) is 2. The van der Waals surface area contributed by atoms with Crippen LogP contribution in [0.25, 0.3) is 21.9 Å². The van der Waals surface area contributed by atoms with Crippen molar-refractivity contribution in [3.63, 3.8) is 0 Å². The van der Waals surface area contributed by atoms with E-state index in [1.807, 2.05) is 0 Å². The quantitative estimate of drug-likeness (QED) is 0.354. The number of aromatic amines is 1. The standard InChI is InChI=1S/C12H5F6N3O6S2/c13-11(14,15)28(22,23)26-7-1-2-19-10-9(7)5-3-8(20-4-6(5)21-10)27-29(24,25)12(16,17)18/h1-4H,(H,19,21). The first kappa shape index (κ1) is 20.9. The molecule has 3 rings (SSSR count). The summed E-state index contributed by atoms with van der Waals surface area (Å²) in [5, 5.41) is -0.658. The van der Waals surface area contributed by atoms with Gasteiger partial charge < -0.3 is 13.4 Å². The lowest BCUT2D eigenvalue weighted by Crippen LogP contribution is -2.28. The fraction of sp³-hybridized carbons (Fsp3) is 0.167. The summed E-state index contributed by atoms with van der Waals surface area (Å²) in [6, 6.07) is 1.39. The Balaban J connectivity index is 2.17. The molecule has 0 aliphatic heterocycles. The van der Waals surface area contributed by atoms with Gasteiger partial charge in [-0.2, -0.15) is 43.2 Å². The van der Waals surface area contributed by atoms with Crippen LogP contribution in [-0.2, 0) is 20.2 Å². The average Bonchev–Trinajstić information content (AvgIpc) is 2.91. The van der Waals surface area contributed by atoms with E-state index in [0.717, 1.165) is 18.5 Å². The van der Waals surface area contributed by atoms with Gasteiger partial charge in [0.2, 0.25) is 5.88 Å². The monoisotopic (exact) mass is 465 g/mol. The van der Waals surface area contributed by atoms with Gasteiger partial charge in [-0.1, -0.05) is 0 Å². The molecule has 0 radical (unpaired) electrons. The molecule has 158 valence electrons. The van der Waals surface area contributed by atoms with Gasteiger partial charge in [0.1, 0.15) is 5.65 Å². The Hall–Kier alpha value is -2.82. The summed E-state index contributed by atoms with van der Waals surface area (Å²) in [5.74, 6) is -1.95. The predicted octanol–water partition coefficient (Wildman–Crippen LogP) is 2.57. The minimum atomic E-state index is -6.08. The number of aromatic nitrogens is 3. The summed E-state index contributed by atoms with van der Waals surface area (Å²) in [7, 11) is -12.2. The predicted molar refractivity (Wildman–Crippen MR) is 82.6 cm³/mol. The van der Waals surface area contributed by atoms with Crippen molar-refractivity contribution in [1.82, 2.24) is 15.0 Å². The highest BCUT2D eigenvalue weighted by Crippen LogP contribution is 2.36. The molecule has 0 spiro atoms. The van der Waals surface area contributed by atoms with Crippen molar-refractivity contribution in [1.29, 1.82) is 0 Å². The highest BCUT2D eigenvalue weighted by atomic mass is 32.2. The molecule has 0 saturated carbocycles. The minimum absolute atomic E-state index is 0.0373. The van der Waals surface area contributed by atoms with Crippen LogP contribution in [0.15, 0.2) is 24.5 Å². The molecule has 0 aromatic carbocycles.